The molecule has 3 aromatic rings. The summed E-state index contributed by atoms with van der Waals surface area (Å²) in [5, 5.41) is 4.36. The highest BCUT2D eigenvalue weighted by molar-refractivity contribution is 7.89. The van der Waals surface area contributed by atoms with Gasteiger partial charge in [-0.2, -0.15) is 4.31 Å². The maximum absolute atomic E-state index is 13.4. The van der Waals surface area contributed by atoms with Gasteiger partial charge in [0.05, 0.1) is 11.4 Å². The Kier molecular flexibility index (Phi) is 6.64. The number of furan rings is 1. The molecule has 34 heavy (non-hydrogen) atoms. The van der Waals surface area contributed by atoms with Crippen molar-refractivity contribution in [3.63, 3.8) is 0 Å². The molecule has 2 N–H and O–H groups in total. The summed E-state index contributed by atoms with van der Waals surface area (Å²) >= 11 is 5.91. The number of urea groups is 1. The lowest BCUT2D eigenvalue weighted by Gasteiger charge is -2.21. The van der Waals surface area contributed by atoms with Crippen LogP contribution in [0.5, 0.6) is 0 Å². The van der Waals surface area contributed by atoms with Gasteiger partial charge in [-0.1, -0.05) is 41.9 Å². The molecule has 0 bridgehead atoms. The molecule has 1 aromatic heterocycles. The maximum Gasteiger partial charge on any atom is 0.328 e. The van der Waals surface area contributed by atoms with E-state index in [2.05, 4.69) is 0 Å². The van der Waals surface area contributed by atoms with Gasteiger partial charge in [0.1, 0.15) is 17.1 Å². The van der Waals surface area contributed by atoms with Crippen molar-refractivity contribution in [2.24, 2.45) is 0 Å². The van der Waals surface area contributed by atoms with Crippen molar-refractivity contribution in [2.45, 2.75) is 18.0 Å². The van der Waals surface area contributed by atoms with Crippen LogP contribution in [0.25, 0.3) is 6.08 Å². The molecule has 0 spiro atoms. The van der Waals surface area contributed by atoms with Crippen molar-refractivity contribution in [3.05, 3.63) is 94.4 Å². The lowest BCUT2D eigenvalue weighted by molar-refractivity contribution is -0.123. The highest BCUT2D eigenvalue weighted by Gasteiger charge is 2.29. The SMILES string of the molecule is O=C1NC(=O)C(=Cc2ccc(CN(Cc3ccccc3)S(=O)(=O)c3ccc(Cl)cc3)o2)C(=O)N1. The van der Waals surface area contributed by atoms with Crippen LogP contribution < -0.4 is 10.6 Å². The zero-order chi connectivity index (χ0) is 24.3. The van der Waals surface area contributed by atoms with Gasteiger partial charge in [0.15, 0.2) is 0 Å². The van der Waals surface area contributed by atoms with Crippen molar-refractivity contribution in [2.75, 3.05) is 0 Å². The van der Waals surface area contributed by atoms with Gasteiger partial charge in [-0.25, -0.2) is 13.2 Å². The van der Waals surface area contributed by atoms with Gasteiger partial charge in [0, 0.05) is 11.6 Å². The zero-order valence-electron chi connectivity index (χ0n) is 17.5. The predicted octanol–water partition coefficient (Wildman–Crippen LogP) is 3.07. The Balaban J connectivity index is 1.62. The van der Waals surface area contributed by atoms with Crippen LogP contribution in [0.2, 0.25) is 5.02 Å². The van der Waals surface area contributed by atoms with Crippen molar-refractivity contribution in [3.8, 4) is 0 Å². The molecule has 1 saturated heterocycles. The summed E-state index contributed by atoms with van der Waals surface area (Å²) in [4.78, 5) is 35.1. The molecule has 0 atom stereocenters. The molecule has 9 nitrogen and oxygen atoms in total. The minimum atomic E-state index is -3.92. The summed E-state index contributed by atoms with van der Waals surface area (Å²) in [6.07, 6.45) is 1.18. The molecule has 11 heteroatoms. The van der Waals surface area contributed by atoms with Crippen LogP contribution in [0.1, 0.15) is 17.1 Å². The third-order valence-electron chi connectivity index (χ3n) is 4.90. The molecule has 2 heterocycles. The first-order valence-electron chi connectivity index (χ1n) is 9.99. The zero-order valence-corrected chi connectivity index (χ0v) is 19.1. The molecule has 4 rings (SSSR count). The number of amides is 4. The second-order valence-electron chi connectivity index (χ2n) is 7.31. The van der Waals surface area contributed by atoms with E-state index in [1.165, 1.54) is 40.7 Å². The Morgan fingerprint density at radius 1 is 0.853 bits per heavy atom. The molecule has 2 aromatic carbocycles. The number of barbiturate groups is 1. The van der Waals surface area contributed by atoms with E-state index in [0.29, 0.717) is 5.02 Å². The van der Waals surface area contributed by atoms with E-state index in [-0.39, 0.29) is 35.1 Å². The Morgan fingerprint density at radius 3 is 2.15 bits per heavy atom. The van der Waals surface area contributed by atoms with Gasteiger partial charge >= 0.3 is 6.03 Å². The maximum atomic E-state index is 13.4. The minimum absolute atomic E-state index is 0.0712. The number of nitrogens with zero attached hydrogens (tertiary/aromatic N) is 1. The van der Waals surface area contributed by atoms with Crippen LogP contribution >= 0.6 is 11.6 Å². The molecule has 4 amide bonds. The molecule has 0 saturated carbocycles. The van der Waals surface area contributed by atoms with E-state index < -0.39 is 27.9 Å². The summed E-state index contributed by atoms with van der Waals surface area (Å²) in [6.45, 7) is -0.0320. The Bertz CT molecular complexity index is 1360. The summed E-state index contributed by atoms with van der Waals surface area (Å²) < 4.78 is 33.7. The van der Waals surface area contributed by atoms with Gasteiger partial charge in [-0.15, -0.1) is 0 Å². The first-order chi connectivity index (χ1) is 16.2. The molecule has 1 fully saturated rings. The standard InChI is InChI=1S/C23H18ClN3O6S/c24-16-6-10-19(11-7-16)34(31,32)27(13-15-4-2-1-3-5-15)14-18-9-8-17(33-18)12-20-21(28)25-23(30)26-22(20)29/h1-12H,13-14H2,(H2,25,26,28,29,30). The van der Waals surface area contributed by atoms with Gasteiger partial charge in [-0.3, -0.25) is 20.2 Å². The number of nitrogens with one attached hydrogen (secondary N) is 2. The number of rotatable bonds is 7. The molecular weight excluding hydrogens is 482 g/mol. The number of sulfonamides is 1. The van der Waals surface area contributed by atoms with E-state index in [1.54, 1.807) is 6.07 Å². The van der Waals surface area contributed by atoms with Crippen molar-refractivity contribution < 1.29 is 27.2 Å². The number of carbonyl (C=O) groups excluding carboxylic acids is 3. The van der Waals surface area contributed by atoms with Gasteiger partial charge in [-0.05, 0) is 48.0 Å². The summed E-state index contributed by atoms with van der Waals surface area (Å²) in [6, 6.07) is 17.1. The fraction of sp³-hybridized carbons (Fsp3) is 0.0870. The van der Waals surface area contributed by atoms with Crippen LogP contribution in [0.15, 0.2) is 81.6 Å². The third-order valence-corrected chi connectivity index (χ3v) is 6.96. The van der Waals surface area contributed by atoms with Crippen molar-refractivity contribution in [1.29, 1.82) is 0 Å². The van der Waals surface area contributed by atoms with Gasteiger partial charge in [0.2, 0.25) is 10.0 Å². The number of carbonyl (C=O) groups is 3. The van der Waals surface area contributed by atoms with E-state index >= 15 is 0 Å². The van der Waals surface area contributed by atoms with Crippen LogP contribution in [-0.4, -0.2) is 30.6 Å². The molecule has 0 unspecified atom stereocenters. The average Bonchev–Trinajstić information content (AvgIpc) is 3.24. The quantitative estimate of drug-likeness (QED) is 0.380. The van der Waals surface area contributed by atoms with E-state index in [1.807, 2.05) is 41.0 Å². The Morgan fingerprint density at radius 2 is 1.50 bits per heavy atom. The van der Waals surface area contributed by atoms with Gasteiger partial charge < -0.3 is 4.42 Å². The molecule has 1 aliphatic rings. The first kappa shape index (κ1) is 23.4. The average molecular weight is 500 g/mol. The highest BCUT2D eigenvalue weighted by atomic mass is 35.5. The summed E-state index contributed by atoms with van der Waals surface area (Å²) in [7, 11) is -3.92. The lowest BCUT2D eigenvalue weighted by atomic mass is 10.1. The van der Waals surface area contributed by atoms with Crippen molar-refractivity contribution >= 4 is 45.5 Å². The predicted molar refractivity (Wildman–Crippen MR) is 123 cm³/mol. The van der Waals surface area contributed by atoms with E-state index in [9.17, 15) is 22.8 Å². The molecule has 1 aliphatic heterocycles. The number of benzene rings is 2. The summed E-state index contributed by atoms with van der Waals surface area (Å²) in [5.74, 6) is -1.29. The lowest BCUT2D eigenvalue weighted by Crippen LogP contribution is -2.51. The van der Waals surface area contributed by atoms with Crippen LogP contribution in [-0.2, 0) is 32.7 Å². The number of halogens is 1. The topological polar surface area (TPSA) is 126 Å². The monoisotopic (exact) mass is 499 g/mol. The van der Waals surface area contributed by atoms with E-state index in [4.69, 9.17) is 16.0 Å². The largest absolute Gasteiger partial charge is 0.460 e. The first-order valence-corrected chi connectivity index (χ1v) is 11.8. The normalized spacial score (nSPS) is 14.2. The van der Waals surface area contributed by atoms with Crippen molar-refractivity contribution in [1.82, 2.24) is 14.9 Å². The molecular formula is C23H18ClN3O6S. The molecule has 0 radical (unpaired) electrons. The second kappa shape index (κ2) is 9.64. The third kappa shape index (κ3) is 5.25. The minimum Gasteiger partial charge on any atom is -0.460 e. The second-order valence-corrected chi connectivity index (χ2v) is 9.69. The fourth-order valence-electron chi connectivity index (χ4n) is 3.25. The number of imide groups is 2. The number of hydrogen-bond acceptors (Lipinski definition) is 6. The fourth-order valence-corrected chi connectivity index (χ4v) is 4.77. The Labute approximate surface area is 200 Å². The Hall–Kier alpha value is -3.73. The highest BCUT2D eigenvalue weighted by Crippen LogP contribution is 2.24. The smallest absolute Gasteiger partial charge is 0.328 e. The van der Waals surface area contributed by atoms with Crippen LogP contribution in [0.3, 0.4) is 0 Å². The summed E-state index contributed by atoms with van der Waals surface area (Å²) in [5.41, 5.74) is 0.463. The molecule has 174 valence electrons. The number of hydrogen-bond donors (Lipinski definition) is 2. The van der Waals surface area contributed by atoms with E-state index in [0.717, 1.165) is 5.56 Å². The molecule has 0 aliphatic carbocycles. The van der Waals surface area contributed by atoms with Gasteiger partial charge in [0.25, 0.3) is 11.8 Å². The van der Waals surface area contributed by atoms with Crippen LogP contribution in [0.4, 0.5) is 4.79 Å². The van der Waals surface area contributed by atoms with Crippen LogP contribution in [0, 0.1) is 0 Å².